The third-order valence-corrected chi connectivity index (χ3v) is 7.39. The normalized spacial score (nSPS) is 23.2. The maximum absolute atomic E-state index is 15.6. The minimum Gasteiger partial charge on any atom is -0.398 e. The highest BCUT2D eigenvalue weighted by Gasteiger charge is 2.53. The monoisotopic (exact) mass is 484 g/mol. The fourth-order valence-electron chi connectivity index (χ4n) is 5.37. The number of carbonyl (C=O) groups excluding carboxylic acids is 1. The van der Waals surface area contributed by atoms with E-state index < -0.39 is 22.7 Å². The maximum Gasteiger partial charge on any atom is 0.258 e. The second-order valence-electron chi connectivity index (χ2n) is 9.57. The summed E-state index contributed by atoms with van der Waals surface area (Å²) in [5, 5.41) is 15.0. The zero-order chi connectivity index (χ0) is 24.3. The van der Waals surface area contributed by atoms with Gasteiger partial charge in [0, 0.05) is 67.0 Å². The third-order valence-electron chi connectivity index (χ3n) is 7.00. The molecule has 178 valence electrons. The van der Waals surface area contributed by atoms with Crippen molar-refractivity contribution >= 4 is 29.0 Å². The van der Waals surface area contributed by atoms with Gasteiger partial charge in [-0.3, -0.25) is 4.79 Å². The predicted molar refractivity (Wildman–Crippen MR) is 128 cm³/mol. The number of pyridine rings is 1. The number of hydrogen-bond donors (Lipinski definition) is 3. The van der Waals surface area contributed by atoms with Crippen molar-refractivity contribution < 1.29 is 14.3 Å². The summed E-state index contributed by atoms with van der Waals surface area (Å²) in [6.45, 7) is 1.01. The van der Waals surface area contributed by atoms with Crippen molar-refractivity contribution in [2.45, 2.75) is 36.8 Å². The fourth-order valence-corrected chi connectivity index (χ4v) is 5.81. The van der Waals surface area contributed by atoms with Gasteiger partial charge in [0.15, 0.2) is 0 Å². The number of fused-ring (bicyclic) bond motifs is 2. The number of nitrogens with two attached hydrogens (primary N) is 1. The van der Waals surface area contributed by atoms with Crippen molar-refractivity contribution in [1.82, 2.24) is 19.4 Å². The SMILES string of the molecule is CN(C)C(=O)c1c(N)ccc(-c2cnc3c(c2Cl)[C@@]2(CC[C@](O)(Cn4ccnc4)C2)CN3)c1F. The van der Waals surface area contributed by atoms with Gasteiger partial charge in [0.05, 0.1) is 29.1 Å². The van der Waals surface area contributed by atoms with Crippen LogP contribution in [-0.4, -0.2) is 56.7 Å². The molecule has 4 N–H and O–H groups in total. The molecule has 1 aromatic carbocycles. The Morgan fingerprint density at radius 1 is 1.35 bits per heavy atom. The predicted octanol–water partition coefficient (Wildman–Crippen LogP) is 3.30. The highest BCUT2D eigenvalue weighted by molar-refractivity contribution is 6.34. The first-order valence-electron chi connectivity index (χ1n) is 11.1. The van der Waals surface area contributed by atoms with Gasteiger partial charge in [-0.25, -0.2) is 14.4 Å². The molecule has 0 bridgehead atoms. The Bertz CT molecular complexity index is 1280. The second-order valence-corrected chi connectivity index (χ2v) is 9.95. The molecule has 3 aromatic rings. The van der Waals surface area contributed by atoms with E-state index in [2.05, 4.69) is 15.3 Å². The topological polar surface area (TPSA) is 109 Å². The molecule has 1 aliphatic heterocycles. The van der Waals surface area contributed by atoms with Gasteiger partial charge in [0.1, 0.15) is 11.6 Å². The van der Waals surface area contributed by atoms with Crippen LogP contribution in [0.1, 0.15) is 35.2 Å². The van der Waals surface area contributed by atoms with Crippen molar-refractivity contribution in [3.05, 3.63) is 59.0 Å². The van der Waals surface area contributed by atoms with Crippen molar-refractivity contribution in [1.29, 1.82) is 0 Å². The molecule has 2 aromatic heterocycles. The second kappa shape index (κ2) is 7.95. The van der Waals surface area contributed by atoms with Crippen LogP contribution in [0.25, 0.3) is 11.1 Å². The van der Waals surface area contributed by atoms with Crippen molar-refractivity contribution in [3.8, 4) is 11.1 Å². The van der Waals surface area contributed by atoms with Gasteiger partial charge < -0.3 is 25.6 Å². The van der Waals surface area contributed by atoms with Gasteiger partial charge in [-0.1, -0.05) is 11.6 Å². The van der Waals surface area contributed by atoms with Crippen LogP contribution in [0.3, 0.4) is 0 Å². The maximum atomic E-state index is 15.6. The molecule has 1 aliphatic carbocycles. The van der Waals surface area contributed by atoms with E-state index in [1.165, 1.54) is 37.3 Å². The lowest BCUT2D eigenvalue weighted by atomic mass is 9.79. The zero-order valence-corrected chi connectivity index (χ0v) is 19.7. The van der Waals surface area contributed by atoms with Crippen LogP contribution in [0.15, 0.2) is 37.1 Å². The van der Waals surface area contributed by atoms with Crippen LogP contribution in [0.4, 0.5) is 15.9 Å². The largest absolute Gasteiger partial charge is 0.398 e. The average Bonchev–Trinajstić information content (AvgIpc) is 3.50. The van der Waals surface area contributed by atoms with Crippen LogP contribution in [0.5, 0.6) is 0 Å². The van der Waals surface area contributed by atoms with Gasteiger partial charge in [-0.15, -0.1) is 0 Å². The molecule has 1 fully saturated rings. The number of benzene rings is 1. The van der Waals surface area contributed by atoms with E-state index in [0.717, 1.165) is 5.56 Å². The lowest BCUT2D eigenvalue weighted by molar-refractivity contribution is 0.0244. The van der Waals surface area contributed by atoms with E-state index in [9.17, 15) is 9.90 Å². The minimum atomic E-state index is -0.929. The molecular weight excluding hydrogens is 459 g/mol. The standard InChI is InChI=1S/C24H26ClFN6O2/c1-31(2)22(33)17-16(27)4-3-14(20(17)26)15-9-29-21-18(19(15)25)23(11-30-21)5-6-24(34,10-23)12-32-8-7-28-13-32/h3-4,7-9,13,34H,5-6,10-12,27H2,1-2H3,(H,29,30)/t23-,24-/m1/s1. The Morgan fingerprint density at radius 2 is 2.15 bits per heavy atom. The van der Waals surface area contributed by atoms with E-state index in [1.807, 2.05) is 10.8 Å². The molecule has 34 heavy (non-hydrogen) atoms. The summed E-state index contributed by atoms with van der Waals surface area (Å²) >= 11 is 6.93. The quantitative estimate of drug-likeness (QED) is 0.490. The summed E-state index contributed by atoms with van der Waals surface area (Å²) < 4.78 is 17.5. The molecule has 2 atom stereocenters. The van der Waals surface area contributed by atoms with E-state index in [1.54, 1.807) is 12.5 Å². The molecule has 2 aliphatic rings. The fraction of sp³-hybridized carbons (Fsp3) is 0.375. The van der Waals surface area contributed by atoms with E-state index >= 15 is 4.39 Å². The van der Waals surface area contributed by atoms with Crippen LogP contribution in [-0.2, 0) is 12.0 Å². The molecule has 1 amide bonds. The number of carbonyl (C=O) groups is 1. The smallest absolute Gasteiger partial charge is 0.258 e. The number of rotatable bonds is 4. The van der Waals surface area contributed by atoms with Crippen molar-refractivity contribution in [3.63, 3.8) is 0 Å². The third kappa shape index (κ3) is 3.50. The van der Waals surface area contributed by atoms with E-state index in [0.29, 0.717) is 48.8 Å². The summed E-state index contributed by atoms with van der Waals surface area (Å²) in [5.41, 5.74) is 5.77. The molecule has 10 heteroatoms. The molecular formula is C24H26ClFN6O2. The first-order valence-corrected chi connectivity index (χ1v) is 11.4. The molecule has 0 saturated heterocycles. The molecule has 5 rings (SSSR count). The van der Waals surface area contributed by atoms with Crippen LogP contribution < -0.4 is 11.1 Å². The number of nitrogen functional groups attached to an aromatic ring is 1. The number of nitrogens with one attached hydrogen (secondary N) is 1. The van der Waals surface area contributed by atoms with Gasteiger partial charge in [-0.05, 0) is 31.4 Å². The summed E-state index contributed by atoms with van der Waals surface area (Å²) in [5.74, 6) is -0.618. The molecule has 8 nitrogen and oxygen atoms in total. The highest BCUT2D eigenvalue weighted by atomic mass is 35.5. The lowest BCUT2D eigenvalue weighted by Crippen LogP contribution is -2.35. The molecule has 1 saturated carbocycles. The van der Waals surface area contributed by atoms with Gasteiger partial charge >= 0.3 is 0 Å². The highest BCUT2D eigenvalue weighted by Crippen LogP contribution is 2.55. The number of amides is 1. The number of halogens is 2. The molecule has 1 spiro atoms. The number of hydrogen-bond acceptors (Lipinski definition) is 6. The summed E-state index contributed by atoms with van der Waals surface area (Å²) in [6, 6.07) is 3.03. The van der Waals surface area contributed by atoms with Crippen molar-refractivity contribution in [2.75, 3.05) is 31.7 Å². The molecule has 0 radical (unpaired) electrons. The Balaban J connectivity index is 1.56. The van der Waals surface area contributed by atoms with Crippen LogP contribution >= 0.6 is 11.6 Å². The van der Waals surface area contributed by atoms with Gasteiger partial charge in [0.2, 0.25) is 0 Å². The Labute approximate surface area is 201 Å². The Morgan fingerprint density at radius 3 is 2.85 bits per heavy atom. The number of aliphatic hydroxyl groups is 1. The van der Waals surface area contributed by atoms with Crippen molar-refractivity contribution in [2.24, 2.45) is 0 Å². The number of aromatic nitrogens is 3. The summed E-state index contributed by atoms with van der Waals surface area (Å²) in [6.07, 6.45) is 8.49. The van der Waals surface area contributed by atoms with Gasteiger partial charge in [0.25, 0.3) is 5.91 Å². The number of imidazole rings is 1. The van der Waals surface area contributed by atoms with Crippen LogP contribution in [0.2, 0.25) is 5.02 Å². The first-order chi connectivity index (χ1) is 16.1. The number of nitrogens with zero attached hydrogens (tertiary/aromatic N) is 4. The summed E-state index contributed by atoms with van der Waals surface area (Å²) in [7, 11) is 3.08. The minimum absolute atomic E-state index is 0.0590. The number of anilines is 2. The zero-order valence-electron chi connectivity index (χ0n) is 19.0. The van der Waals surface area contributed by atoms with E-state index in [4.69, 9.17) is 17.3 Å². The summed E-state index contributed by atoms with van der Waals surface area (Å²) in [4.78, 5) is 22.4. The Kier molecular flexibility index (Phi) is 5.29. The lowest BCUT2D eigenvalue weighted by Gasteiger charge is -2.29. The first kappa shape index (κ1) is 22.6. The van der Waals surface area contributed by atoms with Crippen LogP contribution in [0, 0.1) is 5.82 Å². The average molecular weight is 485 g/mol. The van der Waals surface area contributed by atoms with Gasteiger partial charge in [-0.2, -0.15) is 0 Å². The molecule has 3 heterocycles. The Hall–Kier alpha value is -3.17. The molecule has 0 unspecified atom stereocenters. The van der Waals surface area contributed by atoms with E-state index in [-0.39, 0.29) is 16.8 Å².